The van der Waals surface area contributed by atoms with E-state index in [1.807, 2.05) is 49.7 Å². The van der Waals surface area contributed by atoms with Gasteiger partial charge in [0.25, 0.3) is 5.91 Å². The Bertz CT molecular complexity index is 1120. The van der Waals surface area contributed by atoms with Gasteiger partial charge >= 0.3 is 6.09 Å². The first kappa shape index (κ1) is 22.6. The van der Waals surface area contributed by atoms with E-state index in [1.54, 1.807) is 34.1 Å². The van der Waals surface area contributed by atoms with Crippen molar-refractivity contribution in [2.75, 3.05) is 32.8 Å². The second-order valence-corrected chi connectivity index (χ2v) is 8.77. The van der Waals surface area contributed by atoms with Crippen molar-refractivity contribution in [1.29, 1.82) is 0 Å². The van der Waals surface area contributed by atoms with Crippen LogP contribution in [0.2, 0.25) is 0 Å². The number of carbonyl (C=O) groups is 2. The zero-order chi connectivity index (χ0) is 23.4. The number of hydrogen-bond acceptors (Lipinski definition) is 5. The van der Waals surface area contributed by atoms with Gasteiger partial charge in [0.05, 0.1) is 12.3 Å². The Morgan fingerprint density at radius 1 is 0.970 bits per heavy atom. The Morgan fingerprint density at radius 2 is 1.67 bits per heavy atom. The molecule has 1 saturated heterocycles. The Balaban J connectivity index is 1.28. The molecule has 1 aliphatic heterocycles. The van der Waals surface area contributed by atoms with Crippen LogP contribution >= 0.6 is 0 Å². The number of imidazole rings is 1. The quantitative estimate of drug-likeness (QED) is 0.571. The van der Waals surface area contributed by atoms with E-state index in [4.69, 9.17) is 9.47 Å². The van der Waals surface area contributed by atoms with Crippen molar-refractivity contribution in [2.45, 2.75) is 27.4 Å². The smallest absolute Gasteiger partial charge is 0.409 e. The summed E-state index contributed by atoms with van der Waals surface area (Å²) in [6.07, 6.45) is 3.68. The van der Waals surface area contributed by atoms with E-state index < -0.39 is 0 Å². The van der Waals surface area contributed by atoms with Gasteiger partial charge in [-0.3, -0.25) is 4.79 Å². The number of fused-ring (bicyclic) bond motifs is 1. The minimum atomic E-state index is -0.307. The van der Waals surface area contributed by atoms with Crippen LogP contribution in [0, 0.1) is 12.8 Å². The van der Waals surface area contributed by atoms with E-state index in [9.17, 15) is 9.59 Å². The second kappa shape index (κ2) is 9.94. The lowest BCUT2D eigenvalue weighted by Gasteiger charge is -2.34. The number of pyridine rings is 1. The van der Waals surface area contributed by atoms with Crippen molar-refractivity contribution in [3.8, 4) is 5.75 Å². The molecule has 33 heavy (non-hydrogen) atoms. The summed E-state index contributed by atoms with van der Waals surface area (Å²) in [6.45, 7) is 8.72. The summed E-state index contributed by atoms with van der Waals surface area (Å²) in [5, 5.41) is 0. The van der Waals surface area contributed by atoms with E-state index in [0.29, 0.717) is 56.6 Å². The minimum absolute atomic E-state index is 0.0486. The third-order valence-electron chi connectivity index (χ3n) is 5.50. The molecule has 0 aliphatic carbocycles. The molecule has 0 N–H and O–H groups in total. The average molecular weight is 451 g/mol. The molecule has 1 fully saturated rings. The Kier molecular flexibility index (Phi) is 6.82. The van der Waals surface area contributed by atoms with E-state index in [2.05, 4.69) is 4.98 Å². The molecule has 0 unspecified atom stereocenters. The fourth-order valence-electron chi connectivity index (χ4n) is 3.68. The molecule has 4 rings (SSSR count). The Labute approximate surface area is 193 Å². The zero-order valence-corrected chi connectivity index (χ0v) is 19.4. The number of ether oxygens (including phenoxy) is 2. The van der Waals surface area contributed by atoms with Gasteiger partial charge in [-0.2, -0.15) is 0 Å². The topological polar surface area (TPSA) is 76.4 Å². The molecule has 2 aromatic heterocycles. The van der Waals surface area contributed by atoms with Gasteiger partial charge in [-0.25, -0.2) is 9.78 Å². The number of carbonyl (C=O) groups excluding carboxylic acids is 2. The van der Waals surface area contributed by atoms with E-state index >= 15 is 0 Å². The number of rotatable bonds is 6. The Hall–Kier alpha value is -3.55. The summed E-state index contributed by atoms with van der Waals surface area (Å²) in [4.78, 5) is 32.9. The monoisotopic (exact) mass is 450 g/mol. The molecule has 0 spiro atoms. The second-order valence-electron chi connectivity index (χ2n) is 8.77. The fraction of sp³-hybridized carbons (Fsp3) is 0.400. The van der Waals surface area contributed by atoms with E-state index in [-0.39, 0.29) is 12.0 Å². The van der Waals surface area contributed by atoms with Gasteiger partial charge < -0.3 is 23.7 Å². The minimum Gasteiger partial charge on any atom is -0.487 e. The van der Waals surface area contributed by atoms with Crippen molar-refractivity contribution >= 4 is 17.6 Å². The maximum absolute atomic E-state index is 12.8. The number of amides is 2. The van der Waals surface area contributed by atoms with Crippen molar-refractivity contribution in [2.24, 2.45) is 5.92 Å². The molecule has 8 heteroatoms. The zero-order valence-electron chi connectivity index (χ0n) is 19.4. The van der Waals surface area contributed by atoms with Crippen molar-refractivity contribution in [1.82, 2.24) is 19.2 Å². The van der Waals surface area contributed by atoms with Gasteiger partial charge in [0.15, 0.2) is 0 Å². The van der Waals surface area contributed by atoms with Crippen LogP contribution in [-0.2, 0) is 11.3 Å². The fourth-order valence-corrected chi connectivity index (χ4v) is 3.68. The van der Waals surface area contributed by atoms with Crippen LogP contribution in [0.5, 0.6) is 5.75 Å². The number of aryl methyl sites for hydroxylation is 1. The molecule has 0 radical (unpaired) electrons. The average Bonchev–Trinajstić information content (AvgIpc) is 3.23. The first-order valence-corrected chi connectivity index (χ1v) is 11.3. The highest BCUT2D eigenvalue weighted by atomic mass is 16.6. The summed E-state index contributed by atoms with van der Waals surface area (Å²) in [7, 11) is 0. The highest BCUT2D eigenvalue weighted by Crippen LogP contribution is 2.17. The van der Waals surface area contributed by atoms with Crippen molar-refractivity contribution in [3.05, 3.63) is 65.6 Å². The van der Waals surface area contributed by atoms with Crippen molar-refractivity contribution in [3.63, 3.8) is 0 Å². The predicted octanol–water partition coefficient (Wildman–Crippen LogP) is 3.77. The lowest BCUT2D eigenvalue weighted by molar-refractivity contribution is 0.0535. The van der Waals surface area contributed by atoms with Crippen LogP contribution in [0.25, 0.3) is 5.65 Å². The van der Waals surface area contributed by atoms with Gasteiger partial charge in [0, 0.05) is 44.1 Å². The molecular weight excluding hydrogens is 420 g/mol. The number of hydrogen-bond donors (Lipinski definition) is 0. The summed E-state index contributed by atoms with van der Waals surface area (Å²) in [5.74, 6) is 0.928. The normalized spacial score (nSPS) is 14.1. The van der Waals surface area contributed by atoms with Gasteiger partial charge in [-0.05, 0) is 48.7 Å². The van der Waals surface area contributed by atoms with Gasteiger partial charge in [0.2, 0.25) is 0 Å². The molecular formula is C25H30N4O4. The largest absolute Gasteiger partial charge is 0.487 e. The maximum Gasteiger partial charge on any atom is 0.409 e. The lowest BCUT2D eigenvalue weighted by atomic mass is 10.1. The van der Waals surface area contributed by atoms with Crippen LogP contribution in [0.15, 0.2) is 48.8 Å². The molecule has 0 saturated carbocycles. The van der Waals surface area contributed by atoms with Gasteiger partial charge in [-0.1, -0.05) is 19.9 Å². The summed E-state index contributed by atoms with van der Waals surface area (Å²) < 4.78 is 13.1. The van der Waals surface area contributed by atoms with Gasteiger partial charge in [0.1, 0.15) is 18.0 Å². The molecule has 3 aromatic rings. The van der Waals surface area contributed by atoms with Crippen LogP contribution in [0.1, 0.15) is 35.5 Å². The molecule has 0 atom stereocenters. The highest BCUT2D eigenvalue weighted by molar-refractivity contribution is 5.94. The third kappa shape index (κ3) is 5.63. The van der Waals surface area contributed by atoms with Gasteiger partial charge in [-0.15, -0.1) is 0 Å². The highest BCUT2D eigenvalue weighted by Gasteiger charge is 2.25. The van der Waals surface area contributed by atoms with E-state index in [0.717, 1.165) is 11.3 Å². The van der Waals surface area contributed by atoms with Crippen LogP contribution in [0.4, 0.5) is 4.79 Å². The van der Waals surface area contributed by atoms with E-state index in [1.165, 1.54) is 5.56 Å². The first-order valence-electron chi connectivity index (χ1n) is 11.3. The molecule has 174 valence electrons. The molecule has 0 bridgehead atoms. The lowest BCUT2D eigenvalue weighted by Crippen LogP contribution is -2.50. The third-order valence-corrected chi connectivity index (χ3v) is 5.50. The number of nitrogens with zero attached hydrogens (tertiary/aromatic N) is 4. The predicted molar refractivity (Wildman–Crippen MR) is 124 cm³/mol. The standard InChI is InChI=1S/C25H30N4O4/c1-18(2)16-33-25(31)28-12-10-27(11-13-28)24(30)20-5-7-22(8-6-20)32-17-21-15-29-14-19(3)4-9-23(29)26-21/h4-9,14-15,18H,10-13,16-17H2,1-3H3. The molecule has 3 heterocycles. The summed E-state index contributed by atoms with van der Waals surface area (Å²) in [5.41, 5.74) is 3.49. The maximum atomic E-state index is 12.8. The Morgan fingerprint density at radius 3 is 2.36 bits per heavy atom. The number of benzene rings is 1. The molecule has 1 aliphatic rings. The molecule has 8 nitrogen and oxygen atoms in total. The van der Waals surface area contributed by atoms with Crippen LogP contribution in [0.3, 0.4) is 0 Å². The summed E-state index contributed by atoms with van der Waals surface area (Å²) in [6, 6.07) is 11.1. The first-order chi connectivity index (χ1) is 15.9. The van der Waals surface area contributed by atoms with Crippen LogP contribution < -0.4 is 4.74 Å². The van der Waals surface area contributed by atoms with Crippen LogP contribution in [-0.4, -0.2) is 64.0 Å². The molecule has 1 aromatic carbocycles. The number of piperazine rings is 1. The van der Waals surface area contributed by atoms with Crippen molar-refractivity contribution < 1.29 is 19.1 Å². The molecule has 2 amide bonds. The SMILES string of the molecule is Cc1ccc2nc(COc3ccc(C(=O)N4CCN(C(=O)OCC(C)C)CC4)cc3)cn2c1. The summed E-state index contributed by atoms with van der Waals surface area (Å²) >= 11 is 0. The number of aromatic nitrogens is 2.